The molecule has 0 aromatic rings. The molecule has 79 valence electrons. The zero-order valence-corrected chi connectivity index (χ0v) is 10.8. The third-order valence-electron chi connectivity index (χ3n) is 2.38. The van der Waals surface area contributed by atoms with Crippen LogP contribution in [0.15, 0.2) is 11.6 Å². The molecule has 4 heteroatoms. The summed E-state index contributed by atoms with van der Waals surface area (Å²) in [5, 5.41) is 8.72. The molecule has 0 aromatic carbocycles. The van der Waals surface area contributed by atoms with Gasteiger partial charge in [0.1, 0.15) is 0 Å². The largest absolute Gasteiger partial charge is 0.481 e. The van der Waals surface area contributed by atoms with Gasteiger partial charge in [0, 0.05) is 20.4 Å². The van der Waals surface area contributed by atoms with Crippen LogP contribution in [0, 0.1) is 5.92 Å². The standard InChI is InChI=1S/C10H14O3.Re/c1-7(11)6-8-2-4-9(5-3-8)10(12)13;/h6,9H,2-5H2,1H3,(H,12,13);. The number of hydrogen-bond acceptors (Lipinski definition) is 2. The Morgan fingerprint density at radius 3 is 2.21 bits per heavy atom. The number of aliphatic carboxylic acids is 1. The van der Waals surface area contributed by atoms with Crippen LogP contribution in [0.1, 0.15) is 32.6 Å². The molecule has 0 bridgehead atoms. The van der Waals surface area contributed by atoms with Gasteiger partial charge in [-0.15, -0.1) is 0 Å². The summed E-state index contributed by atoms with van der Waals surface area (Å²) in [5.74, 6) is -0.852. The first kappa shape index (κ1) is 13.5. The molecule has 1 aliphatic rings. The number of allylic oxidation sites excluding steroid dienone is 2. The first-order chi connectivity index (χ1) is 6.09. The number of ketones is 1. The maximum absolute atomic E-state index is 10.7. The summed E-state index contributed by atoms with van der Waals surface area (Å²) < 4.78 is 0. The molecule has 0 atom stereocenters. The molecule has 1 radical (unpaired) electrons. The Labute approximate surface area is 97.2 Å². The minimum atomic E-state index is -0.707. The number of carboxylic acids is 1. The summed E-state index contributed by atoms with van der Waals surface area (Å²) in [6.45, 7) is 1.52. The van der Waals surface area contributed by atoms with E-state index in [0.717, 1.165) is 18.4 Å². The maximum Gasteiger partial charge on any atom is 0.306 e. The molecule has 1 aliphatic carbocycles. The van der Waals surface area contributed by atoms with Crippen LogP contribution < -0.4 is 0 Å². The van der Waals surface area contributed by atoms with Gasteiger partial charge in [0.15, 0.2) is 5.78 Å². The van der Waals surface area contributed by atoms with Gasteiger partial charge in [0.2, 0.25) is 0 Å². The molecule has 1 rings (SSSR count). The molecule has 0 saturated heterocycles. The van der Waals surface area contributed by atoms with Gasteiger partial charge in [0.25, 0.3) is 0 Å². The molecule has 0 spiro atoms. The van der Waals surface area contributed by atoms with Gasteiger partial charge in [-0.1, -0.05) is 5.57 Å². The Kier molecular flexibility index (Phi) is 5.91. The van der Waals surface area contributed by atoms with Gasteiger partial charge in [-0.25, -0.2) is 0 Å². The Bertz CT molecular complexity index is 248. The Morgan fingerprint density at radius 1 is 1.36 bits per heavy atom. The molecule has 14 heavy (non-hydrogen) atoms. The van der Waals surface area contributed by atoms with Crippen LogP contribution in [0.5, 0.6) is 0 Å². The van der Waals surface area contributed by atoms with Crippen molar-refractivity contribution in [1.29, 1.82) is 0 Å². The van der Waals surface area contributed by atoms with E-state index in [4.69, 9.17) is 5.11 Å². The predicted octanol–water partition coefficient (Wildman–Crippen LogP) is 1.77. The fourth-order valence-electron chi connectivity index (χ4n) is 1.67. The van der Waals surface area contributed by atoms with Crippen molar-refractivity contribution in [1.82, 2.24) is 0 Å². The molecule has 0 unspecified atom stereocenters. The second-order valence-electron chi connectivity index (χ2n) is 3.53. The smallest absolute Gasteiger partial charge is 0.306 e. The Morgan fingerprint density at radius 2 is 1.86 bits per heavy atom. The molecule has 0 aromatic heterocycles. The van der Waals surface area contributed by atoms with E-state index in [1.807, 2.05) is 0 Å². The SMILES string of the molecule is CC(=O)C=C1CCC(C(=O)O)CC1.[Re]. The maximum atomic E-state index is 10.7. The molecule has 1 N–H and O–H groups in total. The summed E-state index contributed by atoms with van der Waals surface area (Å²) in [4.78, 5) is 21.3. The quantitative estimate of drug-likeness (QED) is 0.756. The van der Waals surface area contributed by atoms with Crippen molar-refractivity contribution in [3.63, 3.8) is 0 Å². The third kappa shape index (κ3) is 4.17. The zero-order chi connectivity index (χ0) is 9.84. The second-order valence-corrected chi connectivity index (χ2v) is 3.53. The van der Waals surface area contributed by atoms with Crippen molar-refractivity contribution in [2.24, 2.45) is 5.92 Å². The molecule has 0 heterocycles. The van der Waals surface area contributed by atoms with Crippen molar-refractivity contribution < 1.29 is 35.1 Å². The number of carboxylic acid groups (broad SMARTS) is 1. The summed E-state index contributed by atoms with van der Waals surface area (Å²) in [6, 6.07) is 0. The van der Waals surface area contributed by atoms with Crippen molar-refractivity contribution in [3.8, 4) is 0 Å². The molecule has 1 saturated carbocycles. The fraction of sp³-hybridized carbons (Fsp3) is 0.600. The van der Waals surface area contributed by atoms with E-state index in [1.54, 1.807) is 6.08 Å². The van der Waals surface area contributed by atoms with Crippen LogP contribution in [0.4, 0.5) is 0 Å². The van der Waals surface area contributed by atoms with Crippen LogP contribution in [-0.2, 0) is 30.0 Å². The van der Waals surface area contributed by atoms with Crippen molar-refractivity contribution in [3.05, 3.63) is 11.6 Å². The van der Waals surface area contributed by atoms with Gasteiger partial charge < -0.3 is 5.11 Å². The van der Waals surface area contributed by atoms with Gasteiger partial charge >= 0.3 is 5.97 Å². The molecular formula is C10H14O3Re. The van der Waals surface area contributed by atoms with Crippen molar-refractivity contribution >= 4 is 11.8 Å². The molecular weight excluding hydrogens is 354 g/mol. The Balaban J connectivity index is 0.00000169. The van der Waals surface area contributed by atoms with Crippen LogP contribution in [0.2, 0.25) is 0 Å². The Hall–Kier alpha value is -0.458. The van der Waals surface area contributed by atoms with Crippen LogP contribution in [0.25, 0.3) is 0 Å². The van der Waals surface area contributed by atoms with E-state index < -0.39 is 5.97 Å². The topological polar surface area (TPSA) is 54.4 Å². The van der Waals surface area contributed by atoms with Crippen molar-refractivity contribution in [2.45, 2.75) is 32.6 Å². The number of hydrogen-bond donors (Lipinski definition) is 1. The molecule has 1 fully saturated rings. The molecule has 0 amide bonds. The van der Waals surface area contributed by atoms with Crippen LogP contribution in [0.3, 0.4) is 0 Å². The van der Waals surface area contributed by atoms with E-state index >= 15 is 0 Å². The summed E-state index contributed by atoms with van der Waals surface area (Å²) >= 11 is 0. The summed E-state index contributed by atoms with van der Waals surface area (Å²) in [6.07, 6.45) is 4.51. The van der Waals surface area contributed by atoms with Gasteiger partial charge in [-0.3, -0.25) is 9.59 Å². The minimum absolute atomic E-state index is 0. The summed E-state index contributed by atoms with van der Waals surface area (Å²) in [5.41, 5.74) is 1.10. The number of rotatable bonds is 2. The first-order valence-corrected chi connectivity index (χ1v) is 4.52. The minimum Gasteiger partial charge on any atom is -0.481 e. The van der Waals surface area contributed by atoms with Gasteiger partial charge in [-0.05, 0) is 38.7 Å². The van der Waals surface area contributed by atoms with Gasteiger partial charge in [-0.2, -0.15) is 0 Å². The van der Waals surface area contributed by atoms with E-state index in [-0.39, 0.29) is 32.1 Å². The number of carbonyl (C=O) groups is 2. The zero-order valence-electron chi connectivity index (χ0n) is 8.12. The van der Waals surface area contributed by atoms with E-state index in [0.29, 0.717) is 12.8 Å². The van der Waals surface area contributed by atoms with E-state index in [9.17, 15) is 9.59 Å². The van der Waals surface area contributed by atoms with E-state index in [2.05, 4.69) is 0 Å². The average Bonchev–Trinajstić information content (AvgIpc) is 2.04. The third-order valence-corrected chi connectivity index (χ3v) is 2.38. The normalized spacial score (nSPS) is 20.9. The fourth-order valence-corrected chi connectivity index (χ4v) is 1.67. The molecule has 0 aliphatic heterocycles. The van der Waals surface area contributed by atoms with E-state index in [1.165, 1.54) is 6.92 Å². The summed E-state index contributed by atoms with van der Waals surface area (Å²) in [7, 11) is 0. The number of carbonyl (C=O) groups excluding carboxylic acids is 1. The van der Waals surface area contributed by atoms with Crippen LogP contribution in [-0.4, -0.2) is 16.9 Å². The van der Waals surface area contributed by atoms with Crippen LogP contribution >= 0.6 is 0 Å². The van der Waals surface area contributed by atoms with Gasteiger partial charge in [0.05, 0.1) is 5.92 Å². The monoisotopic (exact) mass is 369 g/mol. The first-order valence-electron chi connectivity index (χ1n) is 4.52. The second kappa shape index (κ2) is 6.11. The van der Waals surface area contributed by atoms with Crippen molar-refractivity contribution in [2.75, 3.05) is 0 Å². The predicted molar refractivity (Wildman–Crippen MR) is 48.4 cm³/mol. The molecule has 3 nitrogen and oxygen atoms in total. The average molecular weight is 368 g/mol.